The van der Waals surface area contributed by atoms with Crippen LogP contribution in [0.3, 0.4) is 0 Å². The second kappa shape index (κ2) is 6.06. The van der Waals surface area contributed by atoms with Crippen LogP contribution >= 0.6 is 0 Å². The lowest BCUT2D eigenvalue weighted by Crippen LogP contribution is -2.30. The first-order chi connectivity index (χ1) is 9.83. The Morgan fingerprint density at radius 3 is 2.70 bits per heavy atom. The number of hydrogen-bond acceptors (Lipinski definition) is 2. The van der Waals surface area contributed by atoms with E-state index in [4.69, 9.17) is 0 Å². The van der Waals surface area contributed by atoms with Gasteiger partial charge < -0.3 is 10.6 Å². The molecular weight excluding hydrogens is 248 g/mol. The summed E-state index contributed by atoms with van der Waals surface area (Å²) in [6, 6.07) is 14.2. The fraction of sp³-hybridized carbons (Fsp3) is 0.353. The molecule has 0 unspecified atom stereocenters. The standard InChI is InChI=1S/C17H20N2O/c20-17(12-13-8-10-18-11-9-13)19-16-7-3-5-14-4-1-2-6-15(14)16/h1-7,13,18H,8-12H2,(H,19,20). The molecule has 3 nitrogen and oxygen atoms in total. The van der Waals surface area contributed by atoms with Gasteiger partial charge in [0.2, 0.25) is 5.91 Å². The van der Waals surface area contributed by atoms with E-state index in [0.717, 1.165) is 42.4 Å². The number of amides is 1. The topological polar surface area (TPSA) is 41.1 Å². The number of piperidine rings is 1. The molecule has 0 atom stereocenters. The van der Waals surface area contributed by atoms with E-state index in [0.29, 0.717) is 12.3 Å². The predicted octanol–water partition coefficient (Wildman–Crippen LogP) is 3.17. The average molecular weight is 268 g/mol. The van der Waals surface area contributed by atoms with Crippen LogP contribution in [0.25, 0.3) is 10.8 Å². The third-order valence-electron chi connectivity index (χ3n) is 4.00. The van der Waals surface area contributed by atoms with Crippen LogP contribution in [0.2, 0.25) is 0 Å². The summed E-state index contributed by atoms with van der Waals surface area (Å²) in [6.45, 7) is 2.07. The number of carbonyl (C=O) groups excluding carboxylic acids is 1. The fourth-order valence-electron chi connectivity index (χ4n) is 2.88. The predicted molar refractivity (Wildman–Crippen MR) is 82.8 cm³/mol. The average Bonchev–Trinajstić information content (AvgIpc) is 2.48. The van der Waals surface area contributed by atoms with E-state index in [1.165, 1.54) is 0 Å². The van der Waals surface area contributed by atoms with Crippen LogP contribution in [-0.2, 0) is 4.79 Å². The summed E-state index contributed by atoms with van der Waals surface area (Å²) < 4.78 is 0. The molecule has 2 N–H and O–H groups in total. The van der Waals surface area contributed by atoms with Crippen LogP contribution < -0.4 is 10.6 Å². The first-order valence-electron chi connectivity index (χ1n) is 7.31. The minimum atomic E-state index is 0.133. The molecule has 0 saturated carbocycles. The van der Waals surface area contributed by atoms with Crippen LogP contribution in [0, 0.1) is 5.92 Å². The number of benzene rings is 2. The molecule has 1 amide bonds. The molecule has 2 aromatic rings. The Bertz CT molecular complexity index is 597. The van der Waals surface area contributed by atoms with E-state index >= 15 is 0 Å². The Hall–Kier alpha value is -1.87. The zero-order valence-electron chi connectivity index (χ0n) is 11.6. The molecule has 2 aromatic carbocycles. The smallest absolute Gasteiger partial charge is 0.224 e. The lowest BCUT2D eigenvalue weighted by atomic mass is 9.94. The lowest BCUT2D eigenvalue weighted by molar-refractivity contribution is -0.117. The van der Waals surface area contributed by atoms with E-state index < -0.39 is 0 Å². The van der Waals surface area contributed by atoms with Crippen molar-refractivity contribution in [1.29, 1.82) is 0 Å². The molecule has 1 aliphatic rings. The summed E-state index contributed by atoms with van der Waals surface area (Å²) in [6.07, 6.45) is 2.83. The molecule has 0 spiro atoms. The fourth-order valence-corrected chi connectivity index (χ4v) is 2.88. The molecule has 3 heteroatoms. The Morgan fingerprint density at radius 1 is 1.10 bits per heavy atom. The van der Waals surface area contributed by atoms with E-state index in [-0.39, 0.29) is 5.91 Å². The van der Waals surface area contributed by atoms with Crippen molar-refractivity contribution in [1.82, 2.24) is 5.32 Å². The summed E-state index contributed by atoms with van der Waals surface area (Å²) in [5, 5.41) is 8.67. The second-order valence-electron chi connectivity index (χ2n) is 5.47. The lowest BCUT2D eigenvalue weighted by Gasteiger charge is -2.22. The van der Waals surface area contributed by atoms with Gasteiger partial charge in [-0.15, -0.1) is 0 Å². The van der Waals surface area contributed by atoms with E-state index in [1.54, 1.807) is 0 Å². The summed E-state index contributed by atoms with van der Waals surface area (Å²) in [4.78, 5) is 12.2. The second-order valence-corrected chi connectivity index (χ2v) is 5.47. The molecular formula is C17H20N2O. The van der Waals surface area contributed by atoms with Gasteiger partial charge in [-0.1, -0.05) is 36.4 Å². The van der Waals surface area contributed by atoms with E-state index in [1.807, 2.05) is 24.3 Å². The first kappa shape index (κ1) is 13.1. The molecule has 1 aliphatic heterocycles. The van der Waals surface area contributed by atoms with Crippen LogP contribution in [0.5, 0.6) is 0 Å². The van der Waals surface area contributed by atoms with Crippen molar-refractivity contribution in [3.63, 3.8) is 0 Å². The van der Waals surface area contributed by atoms with Gasteiger partial charge in [-0.3, -0.25) is 4.79 Å². The number of carbonyl (C=O) groups is 1. The molecule has 1 fully saturated rings. The third kappa shape index (κ3) is 2.99. The van der Waals surface area contributed by atoms with Crippen LogP contribution in [-0.4, -0.2) is 19.0 Å². The highest BCUT2D eigenvalue weighted by molar-refractivity contribution is 6.02. The quantitative estimate of drug-likeness (QED) is 0.897. The molecule has 0 aliphatic carbocycles. The van der Waals surface area contributed by atoms with Gasteiger partial charge in [0, 0.05) is 17.5 Å². The van der Waals surface area contributed by atoms with Crippen molar-refractivity contribution in [2.45, 2.75) is 19.3 Å². The molecule has 1 saturated heterocycles. The minimum absolute atomic E-state index is 0.133. The third-order valence-corrected chi connectivity index (χ3v) is 4.00. The number of nitrogens with one attached hydrogen (secondary N) is 2. The SMILES string of the molecule is O=C(CC1CCNCC1)Nc1cccc2ccccc12. The van der Waals surface area contributed by atoms with Gasteiger partial charge in [0.05, 0.1) is 0 Å². The summed E-state index contributed by atoms with van der Waals surface area (Å²) >= 11 is 0. The molecule has 0 aromatic heterocycles. The first-order valence-corrected chi connectivity index (χ1v) is 7.31. The molecule has 0 radical (unpaired) electrons. The van der Waals surface area contributed by atoms with Crippen molar-refractivity contribution >= 4 is 22.4 Å². The number of rotatable bonds is 3. The monoisotopic (exact) mass is 268 g/mol. The largest absolute Gasteiger partial charge is 0.326 e. The Morgan fingerprint density at radius 2 is 1.85 bits per heavy atom. The number of fused-ring (bicyclic) bond motifs is 1. The van der Waals surface area contributed by atoms with Crippen molar-refractivity contribution in [2.24, 2.45) is 5.92 Å². The highest BCUT2D eigenvalue weighted by Crippen LogP contribution is 2.24. The molecule has 20 heavy (non-hydrogen) atoms. The van der Waals surface area contributed by atoms with Crippen molar-refractivity contribution in [2.75, 3.05) is 18.4 Å². The van der Waals surface area contributed by atoms with Gasteiger partial charge in [-0.2, -0.15) is 0 Å². The van der Waals surface area contributed by atoms with Gasteiger partial charge in [0.1, 0.15) is 0 Å². The zero-order valence-corrected chi connectivity index (χ0v) is 11.6. The Balaban J connectivity index is 1.71. The van der Waals surface area contributed by atoms with Gasteiger partial charge in [-0.05, 0) is 43.3 Å². The van der Waals surface area contributed by atoms with Gasteiger partial charge in [0.15, 0.2) is 0 Å². The van der Waals surface area contributed by atoms with Crippen LogP contribution in [0.1, 0.15) is 19.3 Å². The van der Waals surface area contributed by atoms with Crippen LogP contribution in [0.15, 0.2) is 42.5 Å². The highest BCUT2D eigenvalue weighted by atomic mass is 16.1. The van der Waals surface area contributed by atoms with Gasteiger partial charge >= 0.3 is 0 Å². The maximum atomic E-state index is 12.2. The van der Waals surface area contributed by atoms with E-state index in [9.17, 15) is 4.79 Å². The van der Waals surface area contributed by atoms with Crippen molar-refractivity contribution < 1.29 is 4.79 Å². The molecule has 104 valence electrons. The number of hydrogen-bond donors (Lipinski definition) is 2. The summed E-state index contributed by atoms with van der Waals surface area (Å²) in [5.74, 6) is 0.652. The van der Waals surface area contributed by atoms with Crippen LogP contribution in [0.4, 0.5) is 5.69 Å². The maximum absolute atomic E-state index is 12.2. The van der Waals surface area contributed by atoms with Crippen molar-refractivity contribution in [3.8, 4) is 0 Å². The Kier molecular flexibility index (Phi) is 3.97. The Labute approximate surface area is 119 Å². The minimum Gasteiger partial charge on any atom is -0.326 e. The zero-order chi connectivity index (χ0) is 13.8. The van der Waals surface area contributed by atoms with Crippen molar-refractivity contribution in [3.05, 3.63) is 42.5 Å². The van der Waals surface area contributed by atoms with Gasteiger partial charge in [-0.25, -0.2) is 0 Å². The van der Waals surface area contributed by atoms with E-state index in [2.05, 4.69) is 28.8 Å². The normalized spacial score (nSPS) is 16.2. The summed E-state index contributed by atoms with van der Waals surface area (Å²) in [5.41, 5.74) is 0.919. The summed E-state index contributed by atoms with van der Waals surface area (Å²) in [7, 11) is 0. The van der Waals surface area contributed by atoms with Gasteiger partial charge in [0.25, 0.3) is 0 Å². The molecule has 1 heterocycles. The number of anilines is 1. The maximum Gasteiger partial charge on any atom is 0.224 e. The molecule has 3 rings (SSSR count). The molecule has 0 bridgehead atoms. The highest BCUT2D eigenvalue weighted by Gasteiger charge is 2.17.